The second-order valence-electron chi connectivity index (χ2n) is 7.65. The topological polar surface area (TPSA) is 261 Å². The van der Waals surface area contributed by atoms with Gasteiger partial charge in [0, 0.05) is 36.8 Å². The van der Waals surface area contributed by atoms with Gasteiger partial charge in [0.1, 0.15) is 12.3 Å². The summed E-state index contributed by atoms with van der Waals surface area (Å²) in [6, 6.07) is -1.56. The Labute approximate surface area is 194 Å². The number of aliphatic hydroxyl groups excluding tert-OH is 1. The van der Waals surface area contributed by atoms with Gasteiger partial charge in [0.05, 0.1) is 18.8 Å². The van der Waals surface area contributed by atoms with Crippen molar-refractivity contribution in [1.82, 2.24) is 9.55 Å². The van der Waals surface area contributed by atoms with Crippen molar-refractivity contribution >= 4 is 13.7 Å². The molecule has 1 fully saturated rings. The van der Waals surface area contributed by atoms with E-state index in [0.717, 1.165) is 0 Å². The van der Waals surface area contributed by atoms with Crippen molar-refractivity contribution in [1.29, 1.82) is 0 Å². The van der Waals surface area contributed by atoms with Crippen LogP contribution < -0.4 is 27.4 Å². The third kappa shape index (κ3) is 9.37. The Bertz CT molecular complexity index is 1030. The molecule has 0 amide bonds. The lowest BCUT2D eigenvalue weighted by molar-refractivity contribution is -0.200. The van der Waals surface area contributed by atoms with Crippen molar-refractivity contribution in [3.8, 4) is 0 Å². The first-order valence-corrected chi connectivity index (χ1v) is 11.6. The molecule has 6 N–H and O–H groups in total. The smallest absolute Gasteiger partial charge is 0.330 e. The number of nitrogens with zero attached hydrogens (tertiary/aromatic N) is 4. The molecule has 0 saturated carbocycles. The second-order valence-corrected chi connectivity index (χ2v) is 8.91. The largest absolute Gasteiger partial charge is 0.757 e. The van der Waals surface area contributed by atoms with Gasteiger partial charge in [0.2, 0.25) is 0 Å². The van der Waals surface area contributed by atoms with Gasteiger partial charge in [0.15, 0.2) is 0 Å². The summed E-state index contributed by atoms with van der Waals surface area (Å²) >= 11 is 0. The minimum atomic E-state index is -4.55. The van der Waals surface area contributed by atoms with Crippen molar-refractivity contribution in [3.05, 3.63) is 43.0 Å². The van der Waals surface area contributed by atoms with E-state index in [1.165, 1.54) is 17.9 Å². The fraction of sp³-hybridized carbons (Fsp3) is 0.706. The monoisotopic (exact) mass is 506 g/mol. The minimum absolute atomic E-state index is 0.0290. The maximum Gasteiger partial charge on any atom is 0.330 e. The van der Waals surface area contributed by atoms with Crippen LogP contribution in [0.25, 0.3) is 10.4 Å². The van der Waals surface area contributed by atoms with E-state index < -0.39 is 49.4 Å². The highest BCUT2D eigenvalue weighted by Crippen LogP contribution is 2.29. The van der Waals surface area contributed by atoms with E-state index in [-0.39, 0.29) is 25.4 Å². The number of nitrogens with two attached hydrogens (primary N) is 2. The molecule has 1 aromatic rings. The molecule has 2 heterocycles. The zero-order chi connectivity index (χ0) is 26.1. The summed E-state index contributed by atoms with van der Waals surface area (Å²) in [7, 11) is -3.03. The van der Waals surface area contributed by atoms with Crippen LogP contribution in [0, 0.1) is 12.8 Å². The zero-order valence-electron chi connectivity index (χ0n) is 18.9. The number of ether oxygens (including phenoxy) is 2. The number of aromatic nitrogens is 2. The molecule has 34 heavy (non-hydrogen) atoms. The van der Waals surface area contributed by atoms with Crippen molar-refractivity contribution in [2.75, 3.05) is 20.3 Å². The van der Waals surface area contributed by atoms with Crippen molar-refractivity contribution in [2.24, 2.45) is 22.3 Å². The minimum Gasteiger partial charge on any atom is -0.757 e. The third-order valence-corrected chi connectivity index (χ3v) is 5.10. The molecule has 2 rings (SSSR count). The molecule has 0 aromatic carbocycles. The van der Waals surface area contributed by atoms with E-state index in [1.807, 2.05) is 6.92 Å². The van der Waals surface area contributed by atoms with Gasteiger partial charge in [-0.15, -0.1) is 0 Å². The molecule has 0 spiro atoms. The molecule has 2 unspecified atom stereocenters. The van der Waals surface area contributed by atoms with Crippen molar-refractivity contribution < 1.29 is 33.4 Å². The molecular weight excluding hydrogens is 477 g/mol. The van der Waals surface area contributed by atoms with Crippen LogP contribution in [-0.4, -0.2) is 59.1 Å². The first-order chi connectivity index (χ1) is 15.8. The number of methoxy groups -OCH3 is 1. The summed E-state index contributed by atoms with van der Waals surface area (Å²) in [6.45, 7) is 3.50. The molecule has 1 aliphatic heterocycles. The Morgan fingerprint density at radius 2 is 2.21 bits per heavy atom. The fourth-order valence-corrected chi connectivity index (χ4v) is 3.50. The maximum atomic E-state index is 11.7. The number of aromatic amines is 1. The van der Waals surface area contributed by atoms with E-state index >= 15 is 0 Å². The molecule has 192 valence electrons. The number of carbonyl (C=O) groups excluding carboxylic acids is 1. The normalized spacial score (nSPS) is 23.0. The summed E-state index contributed by atoms with van der Waals surface area (Å²) in [5.74, 6) is -1.01. The van der Waals surface area contributed by atoms with Gasteiger partial charge in [-0.1, -0.05) is 12.0 Å². The average molecular weight is 506 g/mol. The Morgan fingerprint density at radius 1 is 1.56 bits per heavy atom. The number of carbonyl (C=O) groups is 1. The maximum absolute atomic E-state index is 11.7. The summed E-state index contributed by atoms with van der Waals surface area (Å²) in [6.07, 6.45) is 0.599. The first kappa shape index (κ1) is 29.5. The Hall–Kier alpha value is -2.55. The predicted octanol–water partition coefficient (Wildman–Crippen LogP) is -1.24. The second kappa shape index (κ2) is 13.4. The summed E-state index contributed by atoms with van der Waals surface area (Å²) in [4.78, 5) is 49.3. The van der Waals surface area contributed by atoms with Gasteiger partial charge in [-0.05, 0) is 24.8 Å². The van der Waals surface area contributed by atoms with Gasteiger partial charge in [-0.25, -0.2) is 4.79 Å². The van der Waals surface area contributed by atoms with Crippen LogP contribution in [0.1, 0.15) is 31.6 Å². The molecule has 6 atom stereocenters. The Kier molecular flexibility index (Phi) is 11.6. The zero-order valence-corrected chi connectivity index (χ0v) is 19.8. The average Bonchev–Trinajstić information content (AvgIpc) is 3.13. The highest BCUT2D eigenvalue weighted by Gasteiger charge is 2.35. The van der Waals surface area contributed by atoms with Crippen LogP contribution in [0.2, 0.25) is 0 Å². The van der Waals surface area contributed by atoms with Crippen LogP contribution in [0.3, 0.4) is 0 Å². The number of hydrogen-bond acceptors (Lipinski definition) is 11. The molecular formula is C17H29N7O9P-. The van der Waals surface area contributed by atoms with Crippen LogP contribution in [0.5, 0.6) is 0 Å². The summed E-state index contributed by atoms with van der Waals surface area (Å²) in [5, 5.41) is 12.7. The molecule has 1 aliphatic rings. The number of rotatable bonds is 9. The standard InChI is InChI=1S/C10H13N5O4.C7H17N2O5P/c1-5-3-15(10(18)12-9(5)17)8-2-6(13-14-11)7(4-16)19-8;1-5(4-13-2)3-6(8)7(10)14-15(9,11)12/h3,6-8,16H,2,4H2,1H3,(H,12,17,18);5-6H,3-4,8H2,1-2H3,(H3,9,11,12)/p-1/t6-,7+,8+;5?,6-/m00/s1. The molecule has 1 aromatic heterocycles. The van der Waals surface area contributed by atoms with E-state index in [0.29, 0.717) is 12.2 Å². The highest BCUT2D eigenvalue weighted by molar-refractivity contribution is 7.49. The van der Waals surface area contributed by atoms with Gasteiger partial charge in [-0.2, -0.15) is 0 Å². The highest BCUT2D eigenvalue weighted by atomic mass is 31.2. The van der Waals surface area contributed by atoms with Crippen LogP contribution >= 0.6 is 7.75 Å². The molecule has 17 heteroatoms. The summed E-state index contributed by atoms with van der Waals surface area (Å²) in [5.41, 5.74) is 17.7. The first-order valence-electron chi connectivity index (χ1n) is 10.0. The Morgan fingerprint density at radius 3 is 2.74 bits per heavy atom. The summed E-state index contributed by atoms with van der Waals surface area (Å²) < 4.78 is 25.9. The van der Waals surface area contributed by atoms with Gasteiger partial charge >= 0.3 is 11.7 Å². The molecule has 1 saturated heterocycles. The predicted molar refractivity (Wildman–Crippen MR) is 116 cm³/mol. The molecule has 0 radical (unpaired) electrons. The van der Waals surface area contributed by atoms with Gasteiger partial charge in [0.25, 0.3) is 13.3 Å². The van der Waals surface area contributed by atoms with E-state index in [2.05, 4.69) is 25.0 Å². The van der Waals surface area contributed by atoms with Crippen molar-refractivity contribution in [3.63, 3.8) is 0 Å². The van der Waals surface area contributed by atoms with Crippen LogP contribution in [-0.2, 0) is 23.4 Å². The lowest BCUT2D eigenvalue weighted by atomic mass is 10.0. The number of H-pyrrole nitrogens is 1. The van der Waals surface area contributed by atoms with Gasteiger partial charge in [-0.3, -0.25) is 29.2 Å². The SMILES string of the molecule is COCC(C)C[C@H](N)C(=O)OP(N)(=O)[O-].Cc1cn([C@H]2C[C@H](N=[N+]=[N-])[C@@H](CO)O2)c(=O)[nH]c1=O. The van der Waals surface area contributed by atoms with Crippen molar-refractivity contribution in [2.45, 2.75) is 51.1 Å². The number of aryl methyl sites for hydroxylation is 1. The third-order valence-electron chi connectivity index (χ3n) is 4.67. The van der Waals surface area contributed by atoms with E-state index in [4.69, 9.17) is 25.8 Å². The number of azide groups is 1. The number of nitrogens with one attached hydrogen (secondary N) is 1. The van der Waals surface area contributed by atoms with Gasteiger partial charge < -0.3 is 29.7 Å². The fourth-order valence-electron chi connectivity index (χ4n) is 3.11. The Balaban J connectivity index is 0.000000352. The van der Waals surface area contributed by atoms with E-state index in [1.54, 1.807) is 6.92 Å². The van der Waals surface area contributed by atoms with Crippen LogP contribution in [0.15, 0.2) is 20.9 Å². The molecule has 16 nitrogen and oxygen atoms in total. The number of aliphatic hydroxyl groups is 1. The lowest BCUT2D eigenvalue weighted by Crippen LogP contribution is -2.35. The van der Waals surface area contributed by atoms with E-state index in [9.17, 15) is 23.8 Å². The number of hydrogen-bond donors (Lipinski definition) is 4. The molecule has 0 aliphatic carbocycles. The quantitative estimate of drug-likeness (QED) is 0.133. The molecule has 0 bridgehead atoms. The van der Waals surface area contributed by atoms with Crippen LogP contribution in [0.4, 0.5) is 0 Å². The lowest BCUT2D eigenvalue weighted by Gasteiger charge is -2.21.